The van der Waals surface area contributed by atoms with E-state index in [9.17, 15) is 4.79 Å². The number of ether oxygens (including phenoxy) is 3. The van der Waals surface area contributed by atoms with Gasteiger partial charge >= 0.3 is 0 Å². The van der Waals surface area contributed by atoms with Crippen LogP contribution in [0.15, 0.2) is 30.3 Å². The van der Waals surface area contributed by atoms with Crippen LogP contribution in [0, 0.1) is 0 Å². The molecule has 6 heteroatoms. The van der Waals surface area contributed by atoms with Gasteiger partial charge < -0.3 is 24.4 Å². The highest BCUT2D eigenvalue weighted by molar-refractivity contribution is 5.96. The fourth-order valence-corrected chi connectivity index (χ4v) is 3.33. The molecular formula is C20H24N2O4. The lowest BCUT2D eigenvalue weighted by molar-refractivity contribution is -0.116. The molecule has 0 spiro atoms. The van der Waals surface area contributed by atoms with Crippen molar-refractivity contribution in [3.05, 3.63) is 41.5 Å². The number of anilines is 2. The molecule has 3 rings (SSSR count). The Morgan fingerprint density at radius 2 is 1.65 bits per heavy atom. The lowest BCUT2D eigenvalue weighted by Crippen LogP contribution is -2.24. The first kappa shape index (κ1) is 17.9. The van der Waals surface area contributed by atoms with Crippen LogP contribution in [0.1, 0.15) is 23.5 Å². The molecule has 1 aliphatic rings. The first-order valence-corrected chi connectivity index (χ1v) is 8.39. The Morgan fingerprint density at radius 3 is 2.19 bits per heavy atom. The van der Waals surface area contributed by atoms with E-state index in [-0.39, 0.29) is 11.8 Å². The number of nitrogens with zero attached hydrogens (tertiary/aromatic N) is 1. The van der Waals surface area contributed by atoms with Crippen LogP contribution in [0.2, 0.25) is 0 Å². The van der Waals surface area contributed by atoms with E-state index < -0.39 is 0 Å². The lowest BCUT2D eigenvalue weighted by atomic mass is 9.84. The summed E-state index contributed by atoms with van der Waals surface area (Å²) in [6, 6.07) is 9.94. The minimum Gasteiger partial charge on any atom is -0.493 e. The second-order valence-electron chi connectivity index (χ2n) is 6.43. The maximum absolute atomic E-state index is 12.3. The molecule has 1 N–H and O–H groups in total. The van der Waals surface area contributed by atoms with Crippen LogP contribution in [0.3, 0.4) is 0 Å². The fourth-order valence-electron chi connectivity index (χ4n) is 3.33. The molecule has 0 radical (unpaired) electrons. The maximum atomic E-state index is 12.3. The van der Waals surface area contributed by atoms with E-state index in [1.165, 1.54) is 0 Å². The topological polar surface area (TPSA) is 60.0 Å². The standard InChI is InChI=1S/C20H24N2O4/c1-22(2)13-6-7-14-15(11-19(23)21-16(14)10-13)12-8-17(24-3)20(26-5)18(9-12)25-4/h6-10,15H,11H2,1-5H3,(H,21,23). The van der Waals surface area contributed by atoms with Crippen molar-refractivity contribution in [2.75, 3.05) is 45.6 Å². The van der Waals surface area contributed by atoms with Gasteiger partial charge in [0.1, 0.15) is 0 Å². The number of amides is 1. The van der Waals surface area contributed by atoms with Gasteiger partial charge in [-0.3, -0.25) is 4.79 Å². The smallest absolute Gasteiger partial charge is 0.225 e. The van der Waals surface area contributed by atoms with Gasteiger partial charge in [0.2, 0.25) is 11.7 Å². The quantitative estimate of drug-likeness (QED) is 0.891. The number of carbonyl (C=O) groups excluding carboxylic acids is 1. The molecule has 0 aliphatic carbocycles. The van der Waals surface area contributed by atoms with E-state index in [1.807, 2.05) is 37.2 Å². The number of benzene rings is 2. The van der Waals surface area contributed by atoms with Crippen LogP contribution in [0.25, 0.3) is 0 Å². The van der Waals surface area contributed by atoms with Gasteiger partial charge in [0, 0.05) is 37.8 Å². The van der Waals surface area contributed by atoms with E-state index in [0.717, 1.165) is 22.5 Å². The molecule has 2 aromatic carbocycles. The van der Waals surface area contributed by atoms with Gasteiger partial charge in [0.15, 0.2) is 11.5 Å². The van der Waals surface area contributed by atoms with Crippen LogP contribution in [-0.2, 0) is 4.79 Å². The normalized spacial score (nSPS) is 15.7. The summed E-state index contributed by atoms with van der Waals surface area (Å²) in [5, 5.41) is 2.98. The number of methoxy groups -OCH3 is 3. The van der Waals surface area contributed by atoms with Crippen molar-refractivity contribution in [2.24, 2.45) is 0 Å². The number of rotatable bonds is 5. The SMILES string of the molecule is COc1cc(C2CC(=O)Nc3cc(N(C)C)ccc32)cc(OC)c1OC. The van der Waals surface area contributed by atoms with Crippen molar-refractivity contribution >= 4 is 17.3 Å². The van der Waals surface area contributed by atoms with Gasteiger partial charge in [0.25, 0.3) is 0 Å². The minimum atomic E-state index is -0.0799. The third-order valence-corrected chi connectivity index (χ3v) is 4.68. The summed E-state index contributed by atoms with van der Waals surface area (Å²) in [6.45, 7) is 0. The molecule has 1 heterocycles. The zero-order valence-electron chi connectivity index (χ0n) is 15.8. The first-order chi connectivity index (χ1) is 12.5. The molecule has 0 bridgehead atoms. The summed E-state index contributed by atoms with van der Waals surface area (Å²) in [5.41, 5.74) is 3.90. The van der Waals surface area contributed by atoms with Gasteiger partial charge in [-0.1, -0.05) is 6.07 Å². The molecule has 0 saturated carbocycles. The maximum Gasteiger partial charge on any atom is 0.225 e. The predicted octanol–water partition coefficient (Wildman–Crippen LogP) is 3.25. The Kier molecular flexibility index (Phi) is 4.93. The van der Waals surface area contributed by atoms with Gasteiger partial charge in [-0.15, -0.1) is 0 Å². The van der Waals surface area contributed by atoms with Crippen molar-refractivity contribution in [3.8, 4) is 17.2 Å². The summed E-state index contributed by atoms with van der Waals surface area (Å²) in [4.78, 5) is 14.3. The molecule has 0 fully saturated rings. The second-order valence-corrected chi connectivity index (χ2v) is 6.43. The molecule has 0 saturated heterocycles. The van der Waals surface area contributed by atoms with Crippen molar-refractivity contribution < 1.29 is 19.0 Å². The molecule has 26 heavy (non-hydrogen) atoms. The Balaban J connectivity index is 2.12. The third-order valence-electron chi connectivity index (χ3n) is 4.68. The number of carbonyl (C=O) groups is 1. The van der Waals surface area contributed by atoms with Gasteiger partial charge in [-0.2, -0.15) is 0 Å². The van der Waals surface area contributed by atoms with Gasteiger partial charge in [-0.05, 0) is 35.4 Å². The summed E-state index contributed by atoms with van der Waals surface area (Å²) in [6.07, 6.45) is 0.368. The highest BCUT2D eigenvalue weighted by atomic mass is 16.5. The summed E-state index contributed by atoms with van der Waals surface area (Å²) < 4.78 is 16.3. The Morgan fingerprint density at radius 1 is 1.00 bits per heavy atom. The molecule has 1 atom stereocenters. The van der Waals surface area contributed by atoms with E-state index in [0.29, 0.717) is 23.7 Å². The molecular weight excluding hydrogens is 332 g/mol. The highest BCUT2D eigenvalue weighted by Crippen LogP contribution is 2.45. The van der Waals surface area contributed by atoms with E-state index in [4.69, 9.17) is 14.2 Å². The molecule has 1 amide bonds. The third kappa shape index (κ3) is 3.14. The molecule has 1 aliphatic heterocycles. The van der Waals surface area contributed by atoms with E-state index >= 15 is 0 Å². The highest BCUT2D eigenvalue weighted by Gasteiger charge is 2.28. The second kappa shape index (κ2) is 7.15. The van der Waals surface area contributed by atoms with Crippen LogP contribution in [-0.4, -0.2) is 41.3 Å². The Bertz CT molecular complexity index is 808. The number of hydrogen-bond donors (Lipinski definition) is 1. The predicted molar refractivity (Wildman–Crippen MR) is 102 cm³/mol. The van der Waals surface area contributed by atoms with Crippen LogP contribution in [0.5, 0.6) is 17.2 Å². The zero-order valence-corrected chi connectivity index (χ0v) is 15.8. The monoisotopic (exact) mass is 356 g/mol. The van der Waals surface area contributed by atoms with Crippen molar-refractivity contribution in [1.29, 1.82) is 0 Å². The van der Waals surface area contributed by atoms with Gasteiger partial charge in [0.05, 0.1) is 21.3 Å². The zero-order chi connectivity index (χ0) is 18.8. The molecule has 0 aromatic heterocycles. The van der Waals surface area contributed by atoms with Crippen LogP contribution >= 0.6 is 0 Å². The van der Waals surface area contributed by atoms with Gasteiger partial charge in [-0.25, -0.2) is 0 Å². The fraction of sp³-hybridized carbons (Fsp3) is 0.350. The first-order valence-electron chi connectivity index (χ1n) is 8.39. The largest absolute Gasteiger partial charge is 0.493 e. The summed E-state index contributed by atoms with van der Waals surface area (Å²) >= 11 is 0. The van der Waals surface area contributed by atoms with Crippen LogP contribution < -0.4 is 24.4 Å². The average molecular weight is 356 g/mol. The number of hydrogen-bond acceptors (Lipinski definition) is 5. The molecule has 1 unspecified atom stereocenters. The average Bonchev–Trinajstić information content (AvgIpc) is 2.65. The van der Waals surface area contributed by atoms with E-state index in [2.05, 4.69) is 17.4 Å². The Hall–Kier alpha value is -2.89. The molecule has 6 nitrogen and oxygen atoms in total. The molecule has 138 valence electrons. The molecule has 2 aromatic rings. The number of fused-ring (bicyclic) bond motifs is 1. The van der Waals surface area contributed by atoms with Crippen molar-refractivity contribution in [2.45, 2.75) is 12.3 Å². The van der Waals surface area contributed by atoms with Crippen LogP contribution in [0.4, 0.5) is 11.4 Å². The van der Waals surface area contributed by atoms with Crippen molar-refractivity contribution in [1.82, 2.24) is 0 Å². The lowest BCUT2D eigenvalue weighted by Gasteiger charge is -2.28. The summed E-state index contributed by atoms with van der Waals surface area (Å²) in [5.74, 6) is 1.62. The summed E-state index contributed by atoms with van der Waals surface area (Å²) in [7, 11) is 8.70. The minimum absolute atomic E-state index is 0.00726. The Labute approximate surface area is 153 Å². The van der Waals surface area contributed by atoms with Crippen molar-refractivity contribution in [3.63, 3.8) is 0 Å². The van der Waals surface area contributed by atoms with E-state index in [1.54, 1.807) is 21.3 Å². The number of nitrogens with one attached hydrogen (secondary N) is 1.